The van der Waals surface area contributed by atoms with Gasteiger partial charge in [-0.15, -0.1) is 12.3 Å². The smallest absolute Gasteiger partial charge is 0.244 e. The first kappa shape index (κ1) is 11.1. The normalized spacial score (nSPS) is 12.3. The van der Waals surface area contributed by atoms with Gasteiger partial charge in [0.05, 0.1) is 6.26 Å². The predicted molar refractivity (Wildman–Crippen MR) is 58.8 cm³/mol. The van der Waals surface area contributed by atoms with E-state index >= 15 is 0 Å². The fraction of sp³-hybridized carbons (Fsp3) is 0.250. The molecular weight excluding hydrogens is 190 g/mol. The standard InChI is InChI=1S/C12H13NO2/c1-3-5-10(2)13-12(14)8-7-11-6-4-9-15-11/h1,4,6-10H,5H2,2H3,(H,13,14)/b8-7+. The quantitative estimate of drug-likeness (QED) is 0.599. The number of terminal acetylenes is 1. The van der Waals surface area contributed by atoms with Crippen molar-refractivity contribution >= 4 is 12.0 Å². The molecule has 1 heterocycles. The fourth-order valence-electron chi connectivity index (χ4n) is 1.06. The van der Waals surface area contributed by atoms with Gasteiger partial charge < -0.3 is 9.73 Å². The molecule has 78 valence electrons. The molecule has 1 amide bonds. The number of furan rings is 1. The summed E-state index contributed by atoms with van der Waals surface area (Å²) in [7, 11) is 0. The van der Waals surface area contributed by atoms with Crippen molar-refractivity contribution in [2.75, 3.05) is 0 Å². The van der Waals surface area contributed by atoms with E-state index in [1.165, 1.54) is 6.08 Å². The first-order valence-corrected chi connectivity index (χ1v) is 4.68. The van der Waals surface area contributed by atoms with Crippen molar-refractivity contribution in [3.63, 3.8) is 0 Å². The average Bonchev–Trinajstić information content (AvgIpc) is 2.67. The molecule has 0 spiro atoms. The van der Waals surface area contributed by atoms with Crippen LogP contribution in [0.25, 0.3) is 6.08 Å². The number of amides is 1. The lowest BCUT2D eigenvalue weighted by Gasteiger charge is -2.07. The minimum absolute atomic E-state index is 0.0104. The van der Waals surface area contributed by atoms with Crippen LogP contribution in [0.4, 0.5) is 0 Å². The van der Waals surface area contributed by atoms with Crippen LogP contribution in [0.5, 0.6) is 0 Å². The topological polar surface area (TPSA) is 42.2 Å². The molecule has 1 rings (SSSR count). The van der Waals surface area contributed by atoms with Crippen molar-refractivity contribution in [2.45, 2.75) is 19.4 Å². The Morgan fingerprint density at radius 3 is 3.20 bits per heavy atom. The molecule has 3 nitrogen and oxygen atoms in total. The third-order valence-corrected chi connectivity index (χ3v) is 1.75. The molecule has 15 heavy (non-hydrogen) atoms. The molecule has 0 bridgehead atoms. The zero-order valence-electron chi connectivity index (χ0n) is 8.57. The van der Waals surface area contributed by atoms with E-state index in [2.05, 4.69) is 11.2 Å². The van der Waals surface area contributed by atoms with Crippen molar-refractivity contribution in [2.24, 2.45) is 0 Å². The van der Waals surface area contributed by atoms with Gasteiger partial charge in [-0.1, -0.05) is 0 Å². The van der Waals surface area contributed by atoms with Gasteiger partial charge in [0.15, 0.2) is 0 Å². The SMILES string of the molecule is C#CCC(C)NC(=O)/C=C/c1ccco1. The number of rotatable bonds is 4. The van der Waals surface area contributed by atoms with E-state index in [4.69, 9.17) is 10.8 Å². The van der Waals surface area contributed by atoms with Crippen LogP contribution in [-0.2, 0) is 4.79 Å². The van der Waals surface area contributed by atoms with Gasteiger partial charge >= 0.3 is 0 Å². The highest BCUT2D eigenvalue weighted by Crippen LogP contribution is 2.01. The van der Waals surface area contributed by atoms with E-state index in [0.29, 0.717) is 12.2 Å². The summed E-state index contributed by atoms with van der Waals surface area (Å²) in [6.45, 7) is 1.86. The molecule has 0 aliphatic heterocycles. The Morgan fingerprint density at radius 1 is 1.80 bits per heavy atom. The molecule has 1 N–H and O–H groups in total. The number of hydrogen-bond donors (Lipinski definition) is 1. The van der Waals surface area contributed by atoms with Gasteiger partial charge in [0, 0.05) is 18.5 Å². The number of carbonyl (C=O) groups is 1. The highest BCUT2D eigenvalue weighted by atomic mass is 16.3. The van der Waals surface area contributed by atoms with Crippen LogP contribution >= 0.6 is 0 Å². The van der Waals surface area contributed by atoms with E-state index < -0.39 is 0 Å². The summed E-state index contributed by atoms with van der Waals surface area (Å²) < 4.78 is 5.04. The number of nitrogens with one attached hydrogen (secondary N) is 1. The second-order valence-electron chi connectivity index (χ2n) is 3.17. The van der Waals surface area contributed by atoms with E-state index in [-0.39, 0.29) is 11.9 Å². The lowest BCUT2D eigenvalue weighted by atomic mass is 10.2. The Balaban J connectivity index is 2.40. The fourth-order valence-corrected chi connectivity index (χ4v) is 1.06. The van der Waals surface area contributed by atoms with Gasteiger partial charge in [0.25, 0.3) is 0 Å². The van der Waals surface area contributed by atoms with Crippen LogP contribution in [0.3, 0.4) is 0 Å². The van der Waals surface area contributed by atoms with Gasteiger partial charge in [-0.25, -0.2) is 0 Å². The third-order valence-electron chi connectivity index (χ3n) is 1.75. The first-order chi connectivity index (χ1) is 7.22. The Bertz CT molecular complexity index is 371. The van der Waals surface area contributed by atoms with Crippen molar-refractivity contribution in [1.29, 1.82) is 0 Å². The van der Waals surface area contributed by atoms with Crippen LogP contribution in [-0.4, -0.2) is 11.9 Å². The van der Waals surface area contributed by atoms with Gasteiger partial charge in [-0.2, -0.15) is 0 Å². The second kappa shape index (κ2) is 5.71. The van der Waals surface area contributed by atoms with E-state index in [1.54, 1.807) is 24.5 Å². The lowest BCUT2D eigenvalue weighted by molar-refractivity contribution is -0.116. The molecule has 0 radical (unpaired) electrons. The molecular formula is C12H13NO2. The molecule has 1 atom stereocenters. The molecule has 1 aromatic rings. The lowest BCUT2D eigenvalue weighted by Crippen LogP contribution is -2.30. The van der Waals surface area contributed by atoms with Gasteiger partial charge in [-0.3, -0.25) is 4.79 Å². The van der Waals surface area contributed by atoms with Crippen molar-refractivity contribution in [3.8, 4) is 12.3 Å². The highest BCUT2D eigenvalue weighted by Gasteiger charge is 2.02. The Hall–Kier alpha value is -1.95. The van der Waals surface area contributed by atoms with Gasteiger partial charge in [0.1, 0.15) is 5.76 Å². The highest BCUT2D eigenvalue weighted by molar-refractivity contribution is 5.91. The summed E-state index contributed by atoms with van der Waals surface area (Å²) >= 11 is 0. The van der Waals surface area contributed by atoms with E-state index in [1.807, 2.05) is 6.92 Å². The van der Waals surface area contributed by atoms with Gasteiger partial charge in [0.2, 0.25) is 5.91 Å². The van der Waals surface area contributed by atoms with E-state index in [0.717, 1.165) is 0 Å². The monoisotopic (exact) mass is 203 g/mol. The summed E-state index contributed by atoms with van der Waals surface area (Å²) in [4.78, 5) is 11.3. The summed E-state index contributed by atoms with van der Waals surface area (Å²) in [6.07, 6.45) is 10.2. The summed E-state index contributed by atoms with van der Waals surface area (Å²) in [5.74, 6) is 2.96. The Labute approximate surface area is 89.2 Å². The molecule has 0 aromatic carbocycles. The van der Waals surface area contributed by atoms with E-state index in [9.17, 15) is 4.79 Å². The molecule has 3 heteroatoms. The number of hydrogen-bond acceptors (Lipinski definition) is 2. The summed E-state index contributed by atoms with van der Waals surface area (Å²) in [5, 5.41) is 2.73. The average molecular weight is 203 g/mol. The largest absolute Gasteiger partial charge is 0.465 e. The second-order valence-corrected chi connectivity index (χ2v) is 3.17. The zero-order valence-corrected chi connectivity index (χ0v) is 8.57. The van der Waals surface area contributed by atoms with Crippen LogP contribution < -0.4 is 5.32 Å². The molecule has 0 saturated heterocycles. The predicted octanol–water partition coefficient (Wildman–Crippen LogP) is 1.82. The van der Waals surface area contributed by atoms with Crippen LogP contribution in [0.2, 0.25) is 0 Å². The van der Waals surface area contributed by atoms with Crippen molar-refractivity contribution in [1.82, 2.24) is 5.32 Å². The maximum Gasteiger partial charge on any atom is 0.244 e. The van der Waals surface area contributed by atoms with Crippen LogP contribution in [0.15, 0.2) is 28.9 Å². The third kappa shape index (κ3) is 4.19. The van der Waals surface area contributed by atoms with Crippen molar-refractivity contribution < 1.29 is 9.21 Å². The van der Waals surface area contributed by atoms with Crippen LogP contribution in [0.1, 0.15) is 19.1 Å². The molecule has 0 fully saturated rings. The molecule has 0 aliphatic carbocycles. The minimum Gasteiger partial charge on any atom is -0.465 e. The summed E-state index contributed by atoms with van der Waals surface area (Å²) in [5.41, 5.74) is 0. The van der Waals surface area contributed by atoms with Gasteiger partial charge in [-0.05, 0) is 25.1 Å². The maximum absolute atomic E-state index is 11.3. The minimum atomic E-state index is -0.172. The molecule has 1 unspecified atom stereocenters. The molecule has 0 aliphatic rings. The maximum atomic E-state index is 11.3. The summed E-state index contributed by atoms with van der Waals surface area (Å²) in [6, 6.07) is 3.52. The van der Waals surface area contributed by atoms with Crippen LogP contribution in [0, 0.1) is 12.3 Å². The molecule has 1 aromatic heterocycles. The Morgan fingerprint density at radius 2 is 2.60 bits per heavy atom. The zero-order chi connectivity index (χ0) is 11.1. The van der Waals surface area contributed by atoms with Crippen molar-refractivity contribution in [3.05, 3.63) is 30.2 Å². The first-order valence-electron chi connectivity index (χ1n) is 4.68. The Kier molecular flexibility index (Phi) is 4.24. The molecule has 0 saturated carbocycles. The number of carbonyl (C=O) groups excluding carboxylic acids is 1.